The Balaban J connectivity index is 2.99. The molecule has 0 aliphatic carbocycles. The number of hydrogen-bond donors (Lipinski definition) is 1. The molecule has 1 N–H and O–H groups in total. The average molecular weight is 216 g/mol. The van der Waals surface area contributed by atoms with Crippen LogP contribution in [-0.2, 0) is 5.60 Å². The molecule has 0 radical (unpaired) electrons. The van der Waals surface area contributed by atoms with Crippen LogP contribution in [0.15, 0.2) is 22.9 Å². The Kier molecular flexibility index (Phi) is 2.30. The van der Waals surface area contributed by atoms with Gasteiger partial charge in [0, 0.05) is 11.8 Å². The van der Waals surface area contributed by atoms with Gasteiger partial charge in [-0.3, -0.25) is 0 Å². The van der Waals surface area contributed by atoms with Crippen LogP contribution in [0.5, 0.6) is 0 Å². The number of aliphatic hydroxyl groups is 1. The number of pyridine rings is 1. The van der Waals surface area contributed by atoms with Gasteiger partial charge in [-0.15, -0.1) is 0 Å². The van der Waals surface area contributed by atoms with Crippen molar-refractivity contribution in [3.63, 3.8) is 0 Å². The van der Waals surface area contributed by atoms with Gasteiger partial charge < -0.3 is 5.11 Å². The lowest BCUT2D eigenvalue weighted by Crippen LogP contribution is -2.15. The molecule has 60 valence electrons. The fourth-order valence-electron chi connectivity index (χ4n) is 0.738. The molecular weight excluding hydrogens is 206 g/mol. The minimum atomic E-state index is -0.798. The average Bonchev–Trinajstić information content (AvgIpc) is 1.86. The number of halogens is 1. The van der Waals surface area contributed by atoms with Crippen molar-refractivity contribution in [2.24, 2.45) is 0 Å². The fourth-order valence-corrected chi connectivity index (χ4v) is 0.972. The van der Waals surface area contributed by atoms with E-state index in [0.717, 1.165) is 10.2 Å². The van der Waals surface area contributed by atoms with Gasteiger partial charge >= 0.3 is 0 Å². The van der Waals surface area contributed by atoms with Gasteiger partial charge in [0.25, 0.3) is 0 Å². The molecule has 0 amide bonds. The molecule has 2 nitrogen and oxygen atoms in total. The number of rotatable bonds is 1. The van der Waals surface area contributed by atoms with E-state index in [1.165, 1.54) is 0 Å². The third kappa shape index (κ3) is 2.27. The van der Waals surface area contributed by atoms with Crippen LogP contribution >= 0.6 is 15.9 Å². The summed E-state index contributed by atoms with van der Waals surface area (Å²) in [5.74, 6) is 0. The molecule has 0 spiro atoms. The van der Waals surface area contributed by atoms with Gasteiger partial charge in [-0.25, -0.2) is 4.98 Å². The summed E-state index contributed by atoms with van der Waals surface area (Å²) < 4.78 is 0.783. The lowest BCUT2D eigenvalue weighted by molar-refractivity contribution is 0.0782. The van der Waals surface area contributed by atoms with Gasteiger partial charge in [-0.2, -0.15) is 0 Å². The normalized spacial score (nSPS) is 11.6. The summed E-state index contributed by atoms with van der Waals surface area (Å²) in [5, 5.41) is 9.52. The molecule has 1 rings (SSSR count). The second kappa shape index (κ2) is 2.91. The summed E-state index contributed by atoms with van der Waals surface area (Å²) in [7, 11) is 0. The second-order valence-electron chi connectivity index (χ2n) is 2.93. The number of hydrogen-bond acceptors (Lipinski definition) is 2. The van der Waals surface area contributed by atoms with Crippen LogP contribution < -0.4 is 0 Å². The maximum atomic E-state index is 9.52. The number of aromatic nitrogens is 1. The predicted molar refractivity (Wildman–Crippen MR) is 47.2 cm³/mol. The van der Waals surface area contributed by atoms with E-state index >= 15 is 0 Å². The molecule has 1 aromatic rings. The maximum absolute atomic E-state index is 9.52. The van der Waals surface area contributed by atoms with Gasteiger partial charge in [0.2, 0.25) is 0 Å². The van der Waals surface area contributed by atoms with E-state index in [-0.39, 0.29) is 0 Å². The van der Waals surface area contributed by atoms with Crippen molar-refractivity contribution >= 4 is 15.9 Å². The van der Waals surface area contributed by atoms with Crippen LogP contribution in [0, 0.1) is 0 Å². The summed E-state index contributed by atoms with van der Waals surface area (Å²) in [6.07, 6.45) is 1.66. The van der Waals surface area contributed by atoms with Crippen molar-refractivity contribution in [2.75, 3.05) is 0 Å². The molecule has 0 aromatic carbocycles. The van der Waals surface area contributed by atoms with Crippen LogP contribution in [0.1, 0.15) is 19.4 Å². The molecule has 11 heavy (non-hydrogen) atoms. The SMILES string of the molecule is CC(C)(O)c1ccc(Br)nc1. The molecular formula is C8H10BrNO. The van der Waals surface area contributed by atoms with Gasteiger partial charge in [-0.1, -0.05) is 6.07 Å². The summed E-state index contributed by atoms with van der Waals surface area (Å²) in [6.45, 7) is 3.47. The largest absolute Gasteiger partial charge is 0.386 e. The van der Waals surface area contributed by atoms with Crippen molar-refractivity contribution in [1.29, 1.82) is 0 Å². The summed E-state index contributed by atoms with van der Waals surface area (Å²) >= 11 is 3.22. The molecule has 0 saturated carbocycles. The Morgan fingerprint density at radius 2 is 2.09 bits per heavy atom. The third-order valence-electron chi connectivity index (χ3n) is 1.43. The Morgan fingerprint density at radius 3 is 2.45 bits per heavy atom. The highest BCUT2D eigenvalue weighted by molar-refractivity contribution is 9.10. The van der Waals surface area contributed by atoms with Gasteiger partial charge in [0.1, 0.15) is 4.60 Å². The maximum Gasteiger partial charge on any atom is 0.106 e. The van der Waals surface area contributed by atoms with E-state index in [0.29, 0.717) is 0 Å². The van der Waals surface area contributed by atoms with Crippen LogP contribution in [0.3, 0.4) is 0 Å². The van der Waals surface area contributed by atoms with Crippen molar-refractivity contribution in [3.05, 3.63) is 28.5 Å². The standard InChI is InChI=1S/C8H10BrNO/c1-8(2,11)6-3-4-7(9)10-5-6/h3-5,11H,1-2H3. The zero-order valence-electron chi connectivity index (χ0n) is 6.50. The van der Waals surface area contributed by atoms with Gasteiger partial charge in [0.15, 0.2) is 0 Å². The molecule has 0 fully saturated rings. The minimum Gasteiger partial charge on any atom is -0.386 e. The highest BCUT2D eigenvalue weighted by Gasteiger charge is 2.15. The van der Waals surface area contributed by atoms with E-state index in [2.05, 4.69) is 20.9 Å². The van der Waals surface area contributed by atoms with Crippen LogP contribution in [-0.4, -0.2) is 10.1 Å². The van der Waals surface area contributed by atoms with Crippen molar-refractivity contribution in [3.8, 4) is 0 Å². The zero-order chi connectivity index (χ0) is 8.48. The first-order chi connectivity index (χ1) is 5.00. The quantitative estimate of drug-likeness (QED) is 0.729. The Labute approximate surface area is 74.4 Å². The minimum absolute atomic E-state index is 0.783. The van der Waals surface area contributed by atoms with Crippen LogP contribution in [0.4, 0.5) is 0 Å². The second-order valence-corrected chi connectivity index (χ2v) is 3.74. The zero-order valence-corrected chi connectivity index (χ0v) is 8.09. The number of nitrogens with zero attached hydrogens (tertiary/aromatic N) is 1. The van der Waals surface area contributed by atoms with Gasteiger partial charge in [-0.05, 0) is 35.8 Å². The first-order valence-electron chi connectivity index (χ1n) is 3.34. The summed E-state index contributed by atoms with van der Waals surface area (Å²) in [4.78, 5) is 4.00. The van der Waals surface area contributed by atoms with E-state index < -0.39 is 5.60 Å². The van der Waals surface area contributed by atoms with E-state index in [1.54, 1.807) is 20.0 Å². The molecule has 0 bridgehead atoms. The van der Waals surface area contributed by atoms with Crippen molar-refractivity contribution < 1.29 is 5.11 Å². The Bertz CT molecular complexity index is 237. The van der Waals surface area contributed by atoms with E-state index in [4.69, 9.17) is 0 Å². The summed E-state index contributed by atoms with van der Waals surface area (Å²) in [6, 6.07) is 3.66. The van der Waals surface area contributed by atoms with Crippen LogP contribution in [0.25, 0.3) is 0 Å². The van der Waals surface area contributed by atoms with E-state index in [1.807, 2.05) is 12.1 Å². The fraction of sp³-hybridized carbons (Fsp3) is 0.375. The highest BCUT2D eigenvalue weighted by atomic mass is 79.9. The molecule has 1 aromatic heterocycles. The molecule has 1 heterocycles. The lowest BCUT2D eigenvalue weighted by atomic mass is 10.0. The highest BCUT2D eigenvalue weighted by Crippen LogP contribution is 2.19. The van der Waals surface area contributed by atoms with Crippen molar-refractivity contribution in [2.45, 2.75) is 19.4 Å². The van der Waals surface area contributed by atoms with E-state index in [9.17, 15) is 5.11 Å². The Morgan fingerprint density at radius 1 is 1.45 bits per heavy atom. The monoisotopic (exact) mass is 215 g/mol. The smallest absolute Gasteiger partial charge is 0.106 e. The third-order valence-corrected chi connectivity index (χ3v) is 1.90. The van der Waals surface area contributed by atoms with Crippen LogP contribution in [0.2, 0.25) is 0 Å². The topological polar surface area (TPSA) is 33.1 Å². The molecule has 0 atom stereocenters. The van der Waals surface area contributed by atoms with Crippen molar-refractivity contribution in [1.82, 2.24) is 4.98 Å². The molecule has 0 unspecified atom stereocenters. The molecule has 0 aliphatic rings. The molecule has 0 saturated heterocycles. The predicted octanol–water partition coefficient (Wildman–Crippen LogP) is 2.07. The Hall–Kier alpha value is -0.410. The first-order valence-corrected chi connectivity index (χ1v) is 4.14. The molecule has 0 aliphatic heterocycles. The summed E-state index contributed by atoms with van der Waals surface area (Å²) in [5.41, 5.74) is 0.0222. The molecule has 3 heteroatoms. The first kappa shape index (κ1) is 8.68. The van der Waals surface area contributed by atoms with Gasteiger partial charge in [0.05, 0.1) is 5.60 Å². The lowest BCUT2D eigenvalue weighted by Gasteiger charge is -2.16.